The van der Waals surface area contributed by atoms with Crippen LogP contribution in [0.15, 0.2) is 17.0 Å². The number of halogens is 2. The molecule has 1 atom stereocenters. The number of hydrogen-bond donors (Lipinski definition) is 2. The number of nitrogens with two attached hydrogens (primary N) is 1. The highest BCUT2D eigenvalue weighted by Gasteiger charge is 2.30. The average molecular weight is 336 g/mol. The van der Waals surface area contributed by atoms with E-state index in [0.29, 0.717) is 6.04 Å². The van der Waals surface area contributed by atoms with Crippen molar-refractivity contribution in [2.45, 2.75) is 36.7 Å². The number of hydrogen-bond acceptors (Lipinski definition) is 4. The van der Waals surface area contributed by atoms with Crippen LogP contribution in [0.3, 0.4) is 0 Å². The first kappa shape index (κ1) is 16.5. The third-order valence-corrected chi connectivity index (χ3v) is 5.39. The maximum absolute atomic E-state index is 13.9. The van der Waals surface area contributed by atoms with Gasteiger partial charge >= 0.3 is 0 Å². The Bertz CT molecular complexity index is 635. The van der Waals surface area contributed by atoms with E-state index in [1.54, 1.807) is 0 Å². The lowest BCUT2D eigenvalue weighted by molar-refractivity contribution is 0.248. The van der Waals surface area contributed by atoms with Crippen molar-refractivity contribution in [3.8, 4) is 0 Å². The quantitative estimate of drug-likeness (QED) is 0.778. The van der Waals surface area contributed by atoms with Gasteiger partial charge in [-0.25, -0.2) is 17.5 Å². The Hall–Kier alpha value is -0.890. The summed E-state index contributed by atoms with van der Waals surface area (Å²) in [5, 5.41) is -0.307. The van der Waals surface area contributed by atoms with Crippen LogP contribution in [0, 0.1) is 5.82 Å². The van der Waals surface area contributed by atoms with Crippen LogP contribution in [0.4, 0.5) is 10.1 Å². The molecule has 1 aromatic rings. The third kappa shape index (κ3) is 3.85. The Kier molecular flexibility index (Phi) is 4.77. The molecule has 2 rings (SSSR count). The summed E-state index contributed by atoms with van der Waals surface area (Å²) < 4.78 is 40.7. The molecule has 1 fully saturated rings. The van der Waals surface area contributed by atoms with Gasteiger partial charge in [0.15, 0.2) is 5.82 Å². The minimum atomic E-state index is -3.99. The standard InChI is InChI=1S/C13H19ClFN3O2S/c1-8(18(2)10-3-4-10)7-17-21(19,20)12-6-9(16)5-11(14)13(12)15/h5-6,8,10,17H,3-4,7,16H2,1-2H3. The van der Waals surface area contributed by atoms with Crippen LogP contribution in [-0.2, 0) is 10.0 Å². The van der Waals surface area contributed by atoms with Crippen molar-refractivity contribution in [3.63, 3.8) is 0 Å². The predicted molar refractivity (Wildman–Crippen MR) is 81.3 cm³/mol. The number of sulfonamides is 1. The second-order valence-electron chi connectivity index (χ2n) is 5.41. The number of nitrogens with zero attached hydrogens (tertiary/aromatic N) is 1. The van der Waals surface area contributed by atoms with Crippen molar-refractivity contribution in [3.05, 3.63) is 23.0 Å². The summed E-state index contributed by atoms with van der Waals surface area (Å²) in [5.74, 6) is -0.985. The zero-order valence-electron chi connectivity index (χ0n) is 11.9. The topological polar surface area (TPSA) is 75.4 Å². The molecule has 1 aromatic carbocycles. The number of rotatable bonds is 6. The number of likely N-dealkylation sites (N-methyl/N-ethyl adjacent to an activating group) is 1. The van der Waals surface area contributed by atoms with Gasteiger partial charge in [-0.1, -0.05) is 11.6 Å². The molecule has 0 radical (unpaired) electrons. The lowest BCUT2D eigenvalue weighted by Crippen LogP contribution is -2.41. The average Bonchev–Trinajstić information content (AvgIpc) is 3.23. The summed E-state index contributed by atoms with van der Waals surface area (Å²) >= 11 is 5.63. The summed E-state index contributed by atoms with van der Waals surface area (Å²) in [7, 11) is -2.03. The van der Waals surface area contributed by atoms with E-state index in [1.165, 1.54) is 6.07 Å². The van der Waals surface area contributed by atoms with Gasteiger partial charge < -0.3 is 5.73 Å². The summed E-state index contributed by atoms with van der Waals surface area (Å²) in [6, 6.07) is 2.79. The zero-order chi connectivity index (χ0) is 15.8. The van der Waals surface area contributed by atoms with Crippen LogP contribution in [0.25, 0.3) is 0 Å². The molecule has 1 saturated carbocycles. The molecule has 1 aliphatic carbocycles. The SMILES string of the molecule is CC(CNS(=O)(=O)c1cc(N)cc(Cl)c1F)N(C)C1CC1. The highest BCUT2D eigenvalue weighted by atomic mass is 35.5. The Morgan fingerprint density at radius 3 is 2.71 bits per heavy atom. The van der Waals surface area contributed by atoms with Gasteiger partial charge in [0.25, 0.3) is 0 Å². The van der Waals surface area contributed by atoms with Crippen molar-refractivity contribution < 1.29 is 12.8 Å². The first-order valence-corrected chi connectivity index (χ1v) is 8.54. The van der Waals surface area contributed by atoms with Crippen molar-refractivity contribution in [1.82, 2.24) is 9.62 Å². The normalized spacial score (nSPS) is 17.2. The minimum absolute atomic E-state index is 0.0202. The van der Waals surface area contributed by atoms with Crippen LogP contribution in [-0.4, -0.2) is 39.0 Å². The Morgan fingerprint density at radius 1 is 1.52 bits per heavy atom. The molecule has 3 N–H and O–H groups in total. The van der Waals surface area contributed by atoms with Gasteiger partial charge in [0, 0.05) is 24.3 Å². The monoisotopic (exact) mass is 335 g/mol. The zero-order valence-corrected chi connectivity index (χ0v) is 13.5. The molecule has 8 heteroatoms. The summed E-state index contributed by atoms with van der Waals surface area (Å²) in [6.45, 7) is 2.12. The van der Waals surface area contributed by atoms with E-state index in [2.05, 4.69) is 9.62 Å². The smallest absolute Gasteiger partial charge is 0.243 e. The maximum Gasteiger partial charge on any atom is 0.243 e. The van der Waals surface area contributed by atoms with Gasteiger partial charge in [-0.2, -0.15) is 0 Å². The molecule has 0 amide bonds. The molecule has 1 unspecified atom stereocenters. The second kappa shape index (κ2) is 6.08. The predicted octanol–water partition coefficient (Wildman–Crippen LogP) is 1.82. The van der Waals surface area contributed by atoms with Gasteiger partial charge in [0.05, 0.1) is 5.02 Å². The number of benzene rings is 1. The van der Waals surface area contributed by atoms with E-state index >= 15 is 0 Å². The van der Waals surface area contributed by atoms with Crippen molar-refractivity contribution >= 4 is 27.3 Å². The summed E-state index contributed by atoms with van der Waals surface area (Å²) in [5.41, 5.74) is 5.63. The molecule has 5 nitrogen and oxygen atoms in total. The highest BCUT2D eigenvalue weighted by Crippen LogP contribution is 2.27. The summed E-state index contributed by atoms with van der Waals surface area (Å²) in [4.78, 5) is 1.60. The Morgan fingerprint density at radius 2 is 2.14 bits per heavy atom. The molecule has 1 aliphatic rings. The fourth-order valence-electron chi connectivity index (χ4n) is 2.07. The molecular weight excluding hydrogens is 317 g/mol. The number of anilines is 1. The minimum Gasteiger partial charge on any atom is -0.399 e. The first-order valence-electron chi connectivity index (χ1n) is 6.68. The molecule has 0 spiro atoms. The molecule has 21 heavy (non-hydrogen) atoms. The summed E-state index contributed by atoms with van der Waals surface area (Å²) in [6.07, 6.45) is 2.26. The molecule has 0 saturated heterocycles. The second-order valence-corrected chi connectivity index (χ2v) is 7.55. The van der Waals surface area contributed by atoms with E-state index in [4.69, 9.17) is 17.3 Å². The fourth-order valence-corrected chi connectivity index (χ4v) is 3.61. The number of nitrogen functional groups attached to an aromatic ring is 1. The van der Waals surface area contributed by atoms with E-state index in [0.717, 1.165) is 18.9 Å². The number of nitrogens with one attached hydrogen (secondary N) is 1. The van der Waals surface area contributed by atoms with Gasteiger partial charge in [-0.05, 0) is 38.9 Å². The van der Waals surface area contributed by atoms with E-state index < -0.39 is 20.7 Å². The van der Waals surface area contributed by atoms with Crippen LogP contribution >= 0.6 is 11.6 Å². The highest BCUT2D eigenvalue weighted by molar-refractivity contribution is 7.89. The Balaban J connectivity index is 2.11. The van der Waals surface area contributed by atoms with Gasteiger partial charge in [-0.3, -0.25) is 4.90 Å². The molecule has 0 aliphatic heterocycles. The van der Waals surface area contributed by atoms with Crippen molar-refractivity contribution in [2.75, 3.05) is 19.3 Å². The van der Waals surface area contributed by atoms with E-state index in [1.807, 2.05) is 14.0 Å². The van der Waals surface area contributed by atoms with Crippen LogP contribution in [0.1, 0.15) is 19.8 Å². The van der Waals surface area contributed by atoms with Gasteiger partial charge in [0.2, 0.25) is 10.0 Å². The molecule has 118 valence electrons. The fraction of sp³-hybridized carbons (Fsp3) is 0.538. The van der Waals surface area contributed by atoms with Crippen LogP contribution < -0.4 is 10.5 Å². The molecular formula is C13H19ClFN3O2S. The van der Waals surface area contributed by atoms with E-state index in [9.17, 15) is 12.8 Å². The van der Waals surface area contributed by atoms with Crippen LogP contribution in [0.5, 0.6) is 0 Å². The maximum atomic E-state index is 13.9. The van der Waals surface area contributed by atoms with Crippen molar-refractivity contribution in [1.29, 1.82) is 0 Å². The lowest BCUT2D eigenvalue weighted by atomic mass is 10.3. The molecule has 0 heterocycles. The lowest BCUT2D eigenvalue weighted by Gasteiger charge is -2.24. The van der Waals surface area contributed by atoms with Gasteiger partial charge in [0.1, 0.15) is 4.90 Å². The van der Waals surface area contributed by atoms with Crippen LogP contribution in [0.2, 0.25) is 5.02 Å². The van der Waals surface area contributed by atoms with E-state index in [-0.39, 0.29) is 23.3 Å². The Labute approximate surface area is 129 Å². The third-order valence-electron chi connectivity index (χ3n) is 3.69. The van der Waals surface area contributed by atoms with Crippen molar-refractivity contribution in [2.24, 2.45) is 0 Å². The molecule has 0 aromatic heterocycles. The van der Waals surface area contributed by atoms with Gasteiger partial charge in [-0.15, -0.1) is 0 Å². The molecule has 0 bridgehead atoms. The first-order chi connectivity index (χ1) is 9.72. The largest absolute Gasteiger partial charge is 0.399 e.